The van der Waals surface area contributed by atoms with Gasteiger partial charge in [0.15, 0.2) is 0 Å². The van der Waals surface area contributed by atoms with E-state index in [1.165, 1.54) is 32.2 Å². The third-order valence-electron chi connectivity index (χ3n) is 4.63. The van der Waals surface area contributed by atoms with Crippen LogP contribution in [0.2, 0.25) is 0 Å². The first-order chi connectivity index (χ1) is 16.0. The number of hydrogen-bond acceptors (Lipinski definition) is 7. The van der Waals surface area contributed by atoms with Gasteiger partial charge in [-0.1, -0.05) is 0 Å². The quantitative estimate of drug-likeness (QED) is 0.650. The number of aromatic nitrogens is 2. The van der Waals surface area contributed by atoms with Crippen molar-refractivity contribution in [2.75, 3.05) is 24.8 Å². The molecule has 1 N–H and O–H groups in total. The molecule has 8 nitrogen and oxygen atoms in total. The van der Waals surface area contributed by atoms with E-state index < -0.39 is 27.3 Å². The Bertz CT molecular complexity index is 1280. The minimum absolute atomic E-state index is 0.00543. The van der Waals surface area contributed by atoms with Crippen LogP contribution in [0.25, 0.3) is 5.57 Å². The van der Waals surface area contributed by atoms with Crippen molar-refractivity contribution in [1.82, 2.24) is 9.97 Å². The van der Waals surface area contributed by atoms with E-state index in [0.717, 1.165) is 6.20 Å². The lowest BCUT2D eigenvalue weighted by atomic mass is 10.1. The lowest BCUT2D eigenvalue weighted by molar-refractivity contribution is -0.115. The van der Waals surface area contributed by atoms with Crippen molar-refractivity contribution < 1.29 is 27.3 Å². The van der Waals surface area contributed by atoms with Crippen LogP contribution < -0.4 is 10.1 Å². The number of hydrogen-bond donors (Lipinski definition) is 1. The van der Waals surface area contributed by atoms with E-state index in [1.807, 2.05) is 0 Å². The standard InChI is InChI=1S/C23H26F2N4O4S/c1-14(24)8-20-15(2)18-11-21(26-12-19(18)25)27-22-9-17(13-34(4,31)29-16(3)30)10-23(28-22)33-7-5-6-32-20/h8-12H,5-7,13H2,1-4H3,(H,26,27,28)/b14-8+,20-15-. The topological polar surface area (TPSA) is 103 Å². The Labute approximate surface area is 197 Å². The monoisotopic (exact) mass is 492 g/mol. The first-order valence-electron chi connectivity index (χ1n) is 10.5. The molecule has 0 spiro atoms. The number of amides is 1. The predicted octanol–water partition coefficient (Wildman–Crippen LogP) is 4.91. The van der Waals surface area contributed by atoms with Crippen molar-refractivity contribution in [2.45, 2.75) is 32.9 Å². The third kappa shape index (κ3) is 7.08. The molecule has 4 bridgehead atoms. The zero-order chi connectivity index (χ0) is 24.9. The zero-order valence-corrected chi connectivity index (χ0v) is 20.2. The maximum atomic E-state index is 14.6. The van der Waals surface area contributed by atoms with Crippen LogP contribution in [0.15, 0.2) is 46.4 Å². The first-order valence-corrected chi connectivity index (χ1v) is 12.6. The average molecular weight is 493 g/mol. The van der Waals surface area contributed by atoms with E-state index in [-0.39, 0.29) is 42.0 Å². The van der Waals surface area contributed by atoms with Gasteiger partial charge in [0.05, 0.1) is 34.9 Å². The SMILES string of the molecule is CC(=O)N=S(C)(=O)Cc1cc2nc(c1)OCCCOC(/C=C(\C)F)=C(/C)c1cc(ncc1F)N2. The summed E-state index contributed by atoms with van der Waals surface area (Å²) in [5, 5.41) is 3.00. The van der Waals surface area contributed by atoms with E-state index in [1.54, 1.807) is 19.1 Å². The van der Waals surface area contributed by atoms with Gasteiger partial charge in [0.2, 0.25) is 5.88 Å². The highest BCUT2D eigenvalue weighted by atomic mass is 32.2. The number of carbonyl (C=O) groups is 1. The molecule has 2 aromatic heterocycles. The van der Waals surface area contributed by atoms with Gasteiger partial charge in [0.1, 0.15) is 29.0 Å². The number of allylic oxidation sites excluding steroid dienone is 3. The summed E-state index contributed by atoms with van der Waals surface area (Å²) in [5.74, 6) is -0.526. The highest BCUT2D eigenvalue weighted by molar-refractivity contribution is 7.92. The molecule has 0 saturated carbocycles. The van der Waals surface area contributed by atoms with Crippen LogP contribution in [0.4, 0.5) is 20.4 Å². The Kier molecular flexibility index (Phi) is 7.98. The number of nitrogens with zero attached hydrogens (tertiary/aromatic N) is 3. The van der Waals surface area contributed by atoms with Crippen molar-refractivity contribution in [3.63, 3.8) is 0 Å². The summed E-state index contributed by atoms with van der Waals surface area (Å²) in [6, 6.07) is 4.71. The van der Waals surface area contributed by atoms with E-state index in [0.29, 0.717) is 23.4 Å². The number of ether oxygens (including phenoxy) is 2. The number of pyridine rings is 2. The number of carbonyl (C=O) groups excluding carboxylic acids is 1. The predicted molar refractivity (Wildman–Crippen MR) is 126 cm³/mol. The summed E-state index contributed by atoms with van der Waals surface area (Å²) >= 11 is 0. The maximum absolute atomic E-state index is 14.6. The molecule has 0 aromatic carbocycles. The molecule has 11 heteroatoms. The van der Waals surface area contributed by atoms with Gasteiger partial charge in [-0.15, -0.1) is 0 Å². The van der Waals surface area contributed by atoms with Crippen LogP contribution in [-0.2, 0) is 25.0 Å². The van der Waals surface area contributed by atoms with Crippen LogP contribution in [0.5, 0.6) is 5.88 Å². The van der Waals surface area contributed by atoms with Gasteiger partial charge < -0.3 is 14.8 Å². The molecular weight excluding hydrogens is 466 g/mol. The Hall–Kier alpha value is -3.34. The zero-order valence-electron chi connectivity index (χ0n) is 19.4. The molecule has 3 heterocycles. The summed E-state index contributed by atoms with van der Waals surface area (Å²) in [7, 11) is -2.81. The Morgan fingerprint density at radius 1 is 1.24 bits per heavy atom. The number of rotatable bonds is 3. The Balaban J connectivity index is 2.07. The van der Waals surface area contributed by atoms with Crippen LogP contribution in [0, 0.1) is 5.82 Å². The summed E-state index contributed by atoms with van der Waals surface area (Å²) in [5.41, 5.74) is 1.17. The smallest absolute Gasteiger partial charge is 0.250 e. The fourth-order valence-corrected chi connectivity index (χ4v) is 4.70. The summed E-state index contributed by atoms with van der Waals surface area (Å²) < 4.78 is 56.1. The van der Waals surface area contributed by atoms with E-state index in [9.17, 15) is 17.8 Å². The van der Waals surface area contributed by atoms with Crippen LogP contribution in [0.3, 0.4) is 0 Å². The van der Waals surface area contributed by atoms with Crippen LogP contribution >= 0.6 is 0 Å². The highest BCUT2D eigenvalue weighted by Crippen LogP contribution is 2.28. The van der Waals surface area contributed by atoms with Gasteiger partial charge in [0, 0.05) is 42.9 Å². The number of anilines is 2. The van der Waals surface area contributed by atoms with E-state index >= 15 is 0 Å². The van der Waals surface area contributed by atoms with Crippen molar-refractivity contribution in [1.29, 1.82) is 0 Å². The largest absolute Gasteiger partial charge is 0.493 e. The number of halogens is 2. The fraction of sp³-hybridized carbons (Fsp3) is 0.348. The van der Waals surface area contributed by atoms with Crippen LogP contribution in [0.1, 0.15) is 38.3 Å². The lowest BCUT2D eigenvalue weighted by Gasteiger charge is -2.16. The minimum Gasteiger partial charge on any atom is -0.493 e. The third-order valence-corrected chi connectivity index (χ3v) is 6.14. The van der Waals surface area contributed by atoms with Gasteiger partial charge in [-0.25, -0.2) is 18.0 Å². The molecule has 2 aromatic rings. The number of fused-ring (bicyclic) bond motifs is 4. The molecule has 0 saturated heterocycles. The van der Waals surface area contributed by atoms with Gasteiger partial charge in [-0.3, -0.25) is 4.79 Å². The molecule has 1 unspecified atom stereocenters. The van der Waals surface area contributed by atoms with Gasteiger partial charge in [-0.05, 0) is 31.5 Å². The van der Waals surface area contributed by atoms with E-state index in [2.05, 4.69) is 19.6 Å². The number of nitrogens with one attached hydrogen (secondary N) is 1. The lowest BCUT2D eigenvalue weighted by Crippen LogP contribution is -2.09. The van der Waals surface area contributed by atoms with Crippen LogP contribution in [-0.4, -0.2) is 39.6 Å². The molecule has 1 aliphatic heterocycles. The second-order valence-electron chi connectivity index (χ2n) is 7.86. The molecule has 1 atom stereocenters. The second-order valence-corrected chi connectivity index (χ2v) is 10.2. The molecule has 3 rings (SSSR count). The molecule has 1 amide bonds. The molecule has 0 radical (unpaired) electrons. The molecule has 0 aliphatic carbocycles. The van der Waals surface area contributed by atoms with E-state index in [4.69, 9.17) is 9.47 Å². The first kappa shape index (κ1) is 25.3. The molecule has 182 valence electrons. The molecule has 34 heavy (non-hydrogen) atoms. The minimum atomic E-state index is -2.81. The maximum Gasteiger partial charge on any atom is 0.250 e. The normalized spacial score (nSPS) is 18.5. The van der Waals surface area contributed by atoms with Crippen molar-refractivity contribution in [3.05, 3.63) is 59.0 Å². The van der Waals surface area contributed by atoms with Crippen molar-refractivity contribution >= 4 is 32.8 Å². The summed E-state index contributed by atoms with van der Waals surface area (Å²) in [4.78, 5) is 19.8. The Morgan fingerprint density at radius 3 is 2.68 bits per heavy atom. The summed E-state index contributed by atoms with van der Waals surface area (Å²) in [6.07, 6.45) is 4.10. The average Bonchev–Trinajstić information content (AvgIpc) is 2.71. The van der Waals surface area contributed by atoms with Gasteiger partial charge in [-0.2, -0.15) is 9.35 Å². The van der Waals surface area contributed by atoms with Crippen molar-refractivity contribution in [2.24, 2.45) is 4.36 Å². The van der Waals surface area contributed by atoms with Gasteiger partial charge in [0.25, 0.3) is 5.91 Å². The summed E-state index contributed by atoms with van der Waals surface area (Å²) in [6.45, 7) is 4.58. The molecule has 1 aliphatic rings. The fourth-order valence-electron chi connectivity index (χ4n) is 3.31. The molecular formula is C23H26F2N4O4S. The van der Waals surface area contributed by atoms with Crippen molar-refractivity contribution in [3.8, 4) is 5.88 Å². The highest BCUT2D eigenvalue weighted by Gasteiger charge is 2.15. The Morgan fingerprint density at radius 2 is 1.97 bits per heavy atom. The molecule has 0 fully saturated rings. The second kappa shape index (κ2) is 10.7. The van der Waals surface area contributed by atoms with Gasteiger partial charge >= 0.3 is 0 Å².